The molecule has 10 heavy (non-hydrogen) atoms. The third kappa shape index (κ3) is 2.07. The van der Waals surface area contributed by atoms with Gasteiger partial charge >= 0.3 is 0 Å². The minimum Gasteiger partial charge on any atom is -0.391 e. The van der Waals surface area contributed by atoms with Crippen LogP contribution in [0.15, 0.2) is 0 Å². The Morgan fingerprint density at radius 3 is 2.70 bits per heavy atom. The second-order valence-electron chi connectivity index (χ2n) is 2.99. The molecule has 0 aromatic rings. The Balaban J connectivity index is 2.27. The van der Waals surface area contributed by atoms with Crippen molar-refractivity contribution in [1.82, 2.24) is 4.90 Å². The largest absolute Gasteiger partial charge is 0.391 e. The van der Waals surface area contributed by atoms with Crippen LogP contribution in [0.4, 0.5) is 0 Å². The molecule has 3 heteroatoms. The van der Waals surface area contributed by atoms with Crippen LogP contribution < -0.4 is 0 Å². The Morgan fingerprint density at radius 1 is 1.60 bits per heavy atom. The lowest BCUT2D eigenvalue weighted by atomic mass is 10.1. The van der Waals surface area contributed by atoms with Crippen molar-refractivity contribution in [2.75, 3.05) is 24.1 Å². The maximum Gasteiger partial charge on any atom is 0.0704 e. The van der Waals surface area contributed by atoms with Gasteiger partial charge in [-0.1, -0.05) is 29.5 Å². The zero-order valence-corrected chi connectivity index (χ0v) is 8.41. The van der Waals surface area contributed by atoms with Gasteiger partial charge in [0.15, 0.2) is 0 Å². The van der Waals surface area contributed by atoms with Crippen LogP contribution in [0.5, 0.6) is 0 Å². The van der Waals surface area contributed by atoms with E-state index in [2.05, 4.69) is 34.4 Å². The van der Waals surface area contributed by atoms with Gasteiger partial charge in [-0.3, -0.25) is 4.90 Å². The number of β-amino-alcohol motifs (C(OH)–C–C–N with tert-alkyl or cyclic N) is 1. The van der Waals surface area contributed by atoms with Gasteiger partial charge < -0.3 is 5.11 Å². The molecule has 2 atom stereocenters. The summed E-state index contributed by atoms with van der Waals surface area (Å²) in [7, 11) is 0. The fraction of sp³-hybridized carbons (Fsp3) is 1.00. The van der Waals surface area contributed by atoms with Crippen LogP contribution in [0.3, 0.4) is 0 Å². The fourth-order valence-electron chi connectivity index (χ4n) is 1.35. The van der Waals surface area contributed by atoms with Gasteiger partial charge in [0.2, 0.25) is 0 Å². The van der Waals surface area contributed by atoms with Gasteiger partial charge in [0, 0.05) is 24.1 Å². The van der Waals surface area contributed by atoms with E-state index in [4.69, 9.17) is 0 Å². The molecule has 1 rings (SSSR count). The van der Waals surface area contributed by atoms with Crippen molar-refractivity contribution in [2.45, 2.75) is 13.0 Å². The molecule has 0 spiro atoms. The number of aliphatic hydroxyl groups excluding tert-OH is 1. The van der Waals surface area contributed by atoms with E-state index in [0.29, 0.717) is 5.92 Å². The maximum atomic E-state index is 9.35. The van der Waals surface area contributed by atoms with Gasteiger partial charge in [-0.2, -0.15) is 0 Å². The van der Waals surface area contributed by atoms with Crippen molar-refractivity contribution >= 4 is 22.6 Å². The van der Waals surface area contributed by atoms with Gasteiger partial charge in [-0.25, -0.2) is 0 Å². The number of nitrogens with zero attached hydrogens (tertiary/aromatic N) is 1. The monoisotopic (exact) mass is 255 g/mol. The molecule has 1 aliphatic heterocycles. The molecule has 1 fully saturated rings. The van der Waals surface area contributed by atoms with Gasteiger partial charge in [0.25, 0.3) is 0 Å². The summed E-state index contributed by atoms with van der Waals surface area (Å²) in [5, 5.41) is 9.35. The van der Waals surface area contributed by atoms with Crippen LogP contribution in [0.1, 0.15) is 6.92 Å². The van der Waals surface area contributed by atoms with Crippen molar-refractivity contribution in [3.05, 3.63) is 0 Å². The van der Waals surface area contributed by atoms with E-state index >= 15 is 0 Å². The van der Waals surface area contributed by atoms with Gasteiger partial charge in [-0.15, -0.1) is 0 Å². The third-order valence-electron chi connectivity index (χ3n) is 2.05. The molecule has 0 aliphatic carbocycles. The second-order valence-corrected chi connectivity index (χ2v) is 4.07. The molecule has 1 N–H and O–H groups in total. The minimum atomic E-state index is -0.0806. The molecule has 60 valence electrons. The lowest BCUT2D eigenvalue weighted by Crippen LogP contribution is -2.23. The number of halogens is 1. The Labute approximate surface area is 75.7 Å². The summed E-state index contributed by atoms with van der Waals surface area (Å²) in [6.07, 6.45) is -0.0806. The number of alkyl halides is 1. The average molecular weight is 255 g/mol. The molecule has 0 aromatic heterocycles. The maximum absolute atomic E-state index is 9.35. The van der Waals surface area contributed by atoms with Gasteiger partial charge in [0.05, 0.1) is 6.10 Å². The van der Waals surface area contributed by atoms with Crippen LogP contribution >= 0.6 is 22.6 Å². The average Bonchev–Trinajstić information content (AvgIpc) is 2.14. The summed E-state index contributed by atoms with van der Waals surface area (Å²) < 4.78 is 1.16. The van der Waals surface area contributed by atoms with E-state index in [1.807, 2.05) is 0 Å². The van der Waals surface area contributed by atoms with Crippen LogP contribution in [0.25, 0.3) is 0 Å². The first-order valence-electron chi connectivity index (χ1n) is 3.70. The summed E-state index contributed by atoms with van der Waals surface area (Å²) in [5.74, 6) is 0.475. The predicted molar refractivity (Wildman–Crippen MR) is 50.5 cm³/mol. The molecule has 0 bridgehead atoms. The first-order valence-corrected chi connectivity index (χ1v) is 5.23. The van der Waals surface area contributed by atoms with E-state index in [1.54, 1.807) is 0 Å². The van der Waals surface area contributed by atoms with Gasteiger partial charge in [-0.05, 0) is 5.92 Å². The molecule has 1 aliphatic rings. The topological polar surface area (TPSA) is 23.5 Å². The van der Waals surface area contributed by atoms with Crippen molar-refractivity contribution in [2.24, 2.45) is 5.92 Å². The van der Waals surface area contributed by atoms with Crippen LogP contribution in [-0.2, 0) is 0 Å². The Morgan fingerprint density at radius 2 is 2.30 bits per heavy atom. The molecular weight excluding hydrogens is 241 g/mol. The molecule has 2 nitrogen and oxygen atoms in total. The number of rotatable bonds is 2. The summed E-state index contributed by atoms with van der Waals surface area (Å²) >= 11 is 2.37. The van der Waals surface area contributed by atoms with Crippen LogP contribution in [0.2, 0.25) is 0 Å². The van der Waals surface area contributed by atoms with Crippen LogP contribution in [0, 0.1) is 5.92 Å². The summed E-state index contributed by atoms with van der Waals surface area (Å²) in [6, 6.07) is 0. The number of hydrogen-bond donors (Lipinski definition) is 1. The first kappa shape index (κ1) is 8.74. The fourth-order valence-corrected chi connectivity index (χ4v) is 2.03. The highest BCUT2D eigenvalue weighted by molar-refractivity contribution is 14.1. The zero-order chi connectivity index (χ0) is 7.56. The van der Waals surface area contributed by atoms with E-state index < -0.39 is 0 Å². The normalized spacial score (nSPS) is 35.1. The van der Waals surface area contributed by atoms with Crippen molar-refractivity contribution < 1.29 is 5.11 Å². The number of aliphatic hydroxyl groups is 1. The summed E-state index contributed by atoms with van der Waals surface area (Å²) in [6.45, 7) is 5.19. The molecule has 2 unspecified atom stereocenters. The predicted octanol–water partition coefficient (Wildman–Crippen LogP) is 0.734. The lowest BCUT2D eigenvalue weighted by Gasteiger charge is -2.11. The molecule has 0 saturated carbocycles. The standard InChI is InChI=1S/C7H14INO/c1-6-4-9(3-2-8)5-7(6)10/h6-7,10H,2-5H2,1H3. The Bertz CT molecular complexity index is 99.8. The molecule has 1 heterocycles. The third-order valence-corrected chi connectivity index (χ3v) is 2.53. The number of hydrogen-bond acceptors (Lipinski definition) is 2. The van der Waals surface area contributed by atoms with E-state index in [0.717, 1.165) is 24.1 Å². The second kappa shape index (κ2) is 3.88. The zero-order valence-electron chi connectivity index (χ0n) is 6.26. The Hall–Kier alpha value is 0.650. The highest BCUT2D eigenvalue weighted by Gasteiger charge is 2.26. The van der Waals surface area contributed by atoms with E-state index in [1.165, 1.54) is 0 Å². The molecule has 1 saturated heterocycles. The van der Waals surface area contributed by atoms with Crippen molar-refractivity contribution in [3.8, 4) is 0 Å². The summed E-state index contributed by atoms with van der Waals surface area (Å²) in [4.78, 5) is 2.32. The van der Waals surface area contributed by atoms with E-state index in [9.17, 15) is 5.11 Å². The highest BCUT2D eigenvalue weighted by Crippen LogP contribution is 2.15. The smallest absolute Gasteiger partial charge is 0.0704 e. The quantitative estimate of drug-likeness (QED) is 0.581. The minimum absolute atomic E-state index is 0.0806. The first-order chi connectivity index (χ1) is 4.74. The SMILES string of the molecule is CC1CN(CCI)CC1O. The van der Waals surface area contributed by atoms with Crippen molar-refractivity contribution in [1.29, 1.82) is 0 Å². The van der Waals surface area contributed by atoms with Crippen LogP contribution in [-0.4, -0.2) is 40.2 Å². The van der Waals surface area contributed by atoms with E-state index in [-0.39, 0.29) is 6.10 Å². The summed E-state index contributed by atoms with van der Waals surface area (Å²) in [5.41, 5.74) is 0. The number of likely N-dealkylation sites (tertiary alicyclic amines) is 1. The molecule has 0 aromatic carbocycles. The molecule has 0 amide bonds. The lowest BCUT2D eigenvalue weighted by molar-refractivity contribution is 0.149. The highest BCUT2D eigenvalue weighted by atomic mass is 127. The van der Waals surface area contributed by atoms with Crippen molar-refractivity contribution in [3.63, 3.8) is 0 Å². The molecular formula is C7H14INO. The Kier molecular flexibility index (Phi) is 3.39. The molecule has 0 radical (unpaired) electrons. The van der Waals surface area contributed by atoms with Gasteiger partial charge in [0.1, 0.15) is 0 Å².